The molecule has 0 N–H and O–H groups in total. The van der Waals surface area contributed by atoms with E-state index in [1.165, 1.54) is 11.1 Å². The van der Waals surface area contributed by atoms with Crippen LogP contribution in [0.4, 0.5) is 0 Å². The van der Waals surface area contributed by atoms with Crippen molar-refractivity contribution in [2.45, 2.75) is 32.7 Å². The number of rotatable bonds is 9. The van der Waals surface area contributed by atoms with Crippen LogP contribution in [0.2, 0.25) is 0 Å². The Balaban J connectivity index is 1.62. The molecule has 0 aliphatic rings. The fourth-order valence-corrected chi connectivity index (χ4v) is 3.07. The minimum Gasteiger partial charge on any atom is -0.484 e. The highest BCUT2D eigenvalue weighted by molar-refractivity contribution is 5.77. The van der Waals surface area contributed by atoms with E-state index in [0.717, 1.165) is 12.1 Å². The predicted octanol–water partition coefficient (Wildman–Crippen LogP) is 4.86. The Kier molecular flexibility index (Phi) is 7.40. The van der Waals surface area contributed by atoms with Gasteiger partial charge in [0.15, 0.2) is 6.61 Å². The summed E-state index contributed by atoms with van der Waals surface area (Å²) in [7, 11) is 0. The maximum absolute atomic E-state index is 12.9. The summed E-state index contributed by atoms with van der Waals surface area (Å²) in [5.74, 6) is 1.14. The number of carbonyl (C=O) groups is 1. The Labute approximate surface area is 173 Å². The lowest BCUT2D eigenvalue weighted by Gasteiger charge is -2.22. The highest BCUT2D eigenvalue weighted by atomic mass is 16.5. The van der Waals surface area contributed by atoms with Gasteiger partial charge in [-0.05, 0) is 47.7 Å². The zero-order valence-corrected chi connectivity index (χ0v) is 17.1. The number of hydrogen-bond donors (Lipinski definition) is 0. The molecule has 0 aliphatic carbocycles. The van der Waals surface area contributed by atoms with E-state index in [-0.39, 0.29) is 12.5 Å². The third-order valence-corrected chi connectivity index (χ3v) is 4.85. The van der Waals surface area contributed by atoms with Crippen LogP contribution in [0.1, 0.15) is 36.6 Å². The normalized spacial score (nSPS) is 10.7. The Morgan fingerprint density at radius 1 is 0.966 bits per heavy atom. The summed E-state index contributed by atoms with van der Waals surface area (Å²) in [6, 6.07) is 23.9. The first-order valence-electron chi connectivity index (χ1n) is 10.1. The van der Waals surface area contributed by atoms with Gasteiger partial charge >= 0.3 is 0 Å². The number of aromatic nitrogens is 1. The van der Waals surface area contributed by atoms with Crippen LogP contribution in [0.3, 0.4) is 0 Å². The van der Waals surface area contributed by atoms with Crippen LogP contribution in [0, 0.1) is 0 Å². The number of pyridine rings is 1. The van der Waals surface area contributed by atoms with Gasteiger partial charge in [0.2, 0.25) is 0 Å². The van der Waals surface area contributed by atoms with Gasteiger partial charge in [0.1, 0.15) is 5.75 Å². The second-order valence-electron chi connectivity index (χ2n) is 7.38. The van der Waals surface area contributed by atoms with Gasteiger partial charge in [-0.1, -0.05) is 62.4 Å². The van der Waals surface area contributed by atoms with Gasteiger partial charge in [-0.2, -0.15) is 0 Å². The zero-order chi connectivity index (χ0) is 20.5. The number of carbonyl (C=O) groups excluding carboxylic acids is 1. The van der Waals surface area contributed by atoms with E-state index in [2.05, 4.69) is 31.0 Å². The van der Waals surface area contributed by atoms with Crippen molar-refractivity contribution in [2.24, 2.45) is 0 Å². The van der Waals surface area contributed by atoms with Crippen LogP contribution in [0.25, 0.3) is 0 Å². The highest BCUT2D eigenvalue weighted by Crippen LogP contribution is 2.18. The molecule has 0 saturated heterocycles. The number of ether oxygens (including phenoxy) is 1. The Hall–Kier alpha value is -3.14. The van der Waals surface area contributed by atoms with Crippen molar-refractivity contribution in [2.75, 3.05) is 13.2 Å². The molecule has 4 heteroatoms. The van der Waals surface area contributed by atoms with Gasteiger partial charge in [-0.25, -0.2) is 0 Å². The molecule has 1 amide bonds. The fourth-order valence-electron chi connectivity index (χ4n) is 3.07. The second kappa shape index (κ2) is 10.4. The maximum Gasteiger partial charge on any atom is 0.260 e. The quantitative estimate of drug-likeness (QED) is 0.526. The lowest BCUT2D eigenvalue weighted by Crippen LogP contribution is -2.36. The van der Waals surface area contributed by atoms with Gasteiger partial charge in [0, 0.05) is 12.7 Å². The van der Waals surface area contributed by atoms with Crippen molar-refractivity contribution in [3.05, 3.63) is 95.8 Å². The first-order valence-corrected chi connectivity index (χ1v) is 10.1. The summed E-state index contributed by atoms with van der Waals surface area (Å²) in [6.45, 7) is 5.42. The van der Waals surface area contributed by atoms with Crippen LogP contribution >= 0.6 is 0 Å². The van der Waals surface area contributed by atoms with E-state index in [4.69, 9.17) is 4.74 Å². The monoisotopic (exact) mass is 388 g/mol. The van der Waals surface area contributed by atoms with E-state index in [1.807, 2.05) is 65.6 Å². The molecule has 1 heterocycles. The van der Waals surface area contributed by atoms with E-state index in [0.29, 0.717) is 24.8 Å². The minimum atomic E-state index is -0.0421. The van der Waals surface area contributed by atoms with Crippen LogP contribution < -0.4 is 4.74 Å². The smallest absolute Gasteiger partial charge is 0.260 e. The third kappa shape index (κ3) is 6.46. The molecule has 150 valence electrons. The molecule has 0 bridgehead atoms. The van der Waals surface area contributed by atoms with Gasteiger partial charge in [0.05, 0.1) is 12.2 Å². The summed E-state index contributed by atoms with van der Waals surface area (Å²) in [5, 5.41) is 0. The van der Waals surface area contributed by atoms with Crippen LogP contribution in [-0.2, 0) is 17.8 Å². The van der Waals surface area contributed by atoms with Crippen LogP contribution in [-0.4, -0.2) is 28.9 Å². The van der Waals surface area contributed by atoms with Crippen molar-refractivity contribution in [1.82, 2.24) is 9.88 Å². The van der Waals surface area contributed by atoms with Gasteiger partial charge < -0.3 is 9.64 Å². The SMILES string of the molecule is CC(C)c1ccc(OCC(=O)N(CCc2ccccc2)Cc2ccccn2)cc1. The van der Waals surface area contributed by atoms with Crippen molar-refractivity contribution in [3.63, 3.8) is 0 Å². The van der Waals surface area contributed by atoms with Crippen molar-refractivity contribution >= 4 is 5.91 Å². The van der Waals surface area contributed by atoms with E-state index in [1.54, 1.807) is 6.20 Å². The first kappa shape index (κ1) is 20.6. The molecule has 0 fully saturated rings. The lowest BCUT2D eigenvalue weighted by atomic mass is 10.0. The number of benzene rings is 2. The largest absolute Gasteiger partial charge is 0.484 e. The molecule has 2 aromatic carbocycles. The van der Waals surface area contributed by atoms with Gasteiger partial charge in [-0.15, -0.1) is 0 Å². The lowest BCUT2D eigenvalue weighted by molar-refractivity contribution is -0.134. The first-order chi connectivity index (χ1) is 14.1. The topological polar surface area (TPSA) is 42.4 Å². The van der Waals surface area contributed by atoms with Crippen molar-refractivity contribution in [3.8, 4) is 5.75 Å². The second-order valence-corrected chi connectivity index (χ2v) is 7.38. The molecule has 3 rings (SSSR count). The zero-order valence-electron chi connectivity index (χ0n) is 17.1. The van der Waals surface area contributed by atoms with E-state index in [9.17, 15) is 4.79 Å². The van der Waals surface area contributed by atoms with Crippen LogP contribution in [0.5, 0.6) is 5.75 Å². The molecular formula is C25H28N2O2. The molecule has 0 spiro atoms. The molecule has 1 aromatic heterocycles. The average molecular weight is 389 g/mol. The number of amides is 1. The summed E-state index contributed by atoms with van der Waals surface area (Å²) in [6.07, 6.45) is 2.55. The van der Waals surface area contributed by atoms with Gasteiger partial charge in [0.25, 0.3) is 5.91 Å². The van der Waals surface area contributed by atoms with E-state index >= 15 is 0 Å². The molecular weight excluding hydrogens is 360 g/mol. The van der Waals surface area contributed by atoms with Crippen LogP contribution in [0.15, 0.2) is 79.0 Å². The van der Waals surface area contributed by atoms with Crippen molar-refractivity contribution in [1.29, 1.82) is 0 Å². The molecule has 0 atom stereocenters. The molecule has 0 radical (unpaired) electrons. The highest BCUT2D eigenvalue weighted by Gasteiger charge is 2.15. The molecule has 3 aromatic rings. The molecule has 0 aliphatic heterocycles. The minimum absolute atomic E-state index is 0.0165. The molecule has 0 saturated carbocycles. The molecule has 0 unspecified atom stereocenters. The summed E-state index contributed by atoms with van der Waals surface area (Å²) in [4.78, 5) is 19.1. The third-order valence-electron chi connectivity index (χ3n) is 4.85. The Morgan fingerprint density at radius 3 is 2.34 bits per heavy atom. The maximum atomic E-state index is 12.9. The van der Waals surface area contributed by atoms with Gasteiger partial charge in [-0.3, -0.25) is 9.78 Å². The molecule has 29 heavy (non-hydrogen) atoms. The Bertz CT molecular complexity index is 878. The Morgan fingerprint density at radius 2 is 1.69 bits per heavy atom. The standard InChI is InChI=1S/C25H28N2O2/c1-20(2)22-11-13-24(14-12-22)29-19-25(28)27(18-23-10-6-7-16-26-23)17-15-21-8-4-3-5-9-21/h3-14,16,20H,15,17-19H2,1-2H3. The van der Waals surface area contributed by atoms with Crippen molar-refractivity contribution < 1.29 is 9.53 Å². The summed E-state index contributed by atoms with van der Waals surface area (Å²) in [5.41, 5.74) is 3.33. The van der Waals surface area contributed by atoms with E-state index < -0.39 is 0 Å². The molecule has 4 nitrogen and oxygen atoms in total. The number of hydrogen-bond acceptors (Lipinski definition) is 3. The fraction of sp³-hybridized carbons (Fsp3) is 0.280. The summed E-state index contributed by atoms with van der Waals surface area (Å²) < 4.78 is 5.76. The predicted molar refractivity (Wildman–Crippen MR) is 116 cm³/mol. The number of nitrogens with zero attached hydrogens (tertiary/aromatic N) is 2. The average Bonchev–Trinajstić information content (AvgIpc) is 2.76. The summed E-state index contributed by atoms with van der Waals surface area (Å²) >= 11 is 0.